The van der Waals surface area contributed by atoms with E-state index >= 15 is 0 Å². The van der Waals surface area contributed by atoms with Crippen molar-refractivity contribution in [1.82, 2.24) is 0 Å². The van der Waals surface area contributed by atoms with Gasteiger partial charge in [0, 0.05) is 33.4 Å². The Kier molecular flexibility index (Phi) is 7.20. The first-order chi connectivity index (χ1) is 22.7. The summed E-state index contributed by atoms with van der Waals surface area (Å²) >= 11 is 0. The number of ether oxygens (including phenoxy) is 2. The van der Waals surface area contributed by atoms with Crippen molar-refractivity contribution >= 4 is 17.3 Å². The monoisotopic (exact) mass is 654 g/mol. The number of phenolic OH excluding ortho intramolecular Hbond substituents is 4. The molecular weight excluding hydrogens is 624 g/mol. The van der Waals surface area contributed by atoms with E-state index in [2.05, 4.69) is 0 Å². The number of aliphatic hydroxyl groups excluding tert-OH is 3. The minimum Gasteiger partial charge on any atom is -0.507 e. The molecule has 12 heteroatoms. The van der Waals surface area contributed by atoms with Gasteiger partial charge in [0.1, 0.15) is 47.4 Å². The van der Waals surface area contributed by atoms with Gasteiger partial charge in [0.05, 0.1) is 28.4 Å². The van der Waals surface area contributed by atoms with Crippen LogP contribution in [0.15, 0.2) is 48.5 Å². The van der Waals surface area contributed by atoms with Gasteiger partial charge in [-0.15, -0.1) is 0 Å². The zero-order valence-electron chi connectivity index (χ0n) is 25.8. The second kappa shape index (κ2) is 11.0. The second-order valence-corrected chi connectivity index (χ2v) is 12.4. The highest BCUT2D eigenvalue weighted by molar-refractivity contribution is 6.32. The quantitative estimate of drug-likeness (QED) is 0.150. The third-order valence-electron chi connectivity index (χ3n) is 9.34. The molecule has 0 amide bonds. The van der Waals surface area contributed by atoms with E-state index in [-0.39, 0.29) is 61.2 Å². The molecule has 0 bridgehead atoms. The van der Waals surface area contributed by atoms with E-state index in [4.69, 9.17) is 9.47 Å². The Hall–Kier alpha value is -5.11. The van der Waals surface area contributed by atoms with E-state index in [9.17, 15) is 50.1 Å². The summed E-state index contributed by atoms with van der Waals surface area (Å²) in [7, 11) is 0. The lowest BCUT2D eigenvalue weighted by atomic mass is 9.76. The molecular formula is C36H30O12. The summed E-state index contributed by atoms with van der Waals surface area (Å²) in [6.07, 6.45) is -8.44. The summed E-state index contributed by atoms with van der Waals surface area (Å²) in [5, 5.41) is 75.5. The molecule has 1 saturated heterocycles. The van der Waals surface area contributed by atoms with Crippen molar-refractivity contribution in [3.05, 3.63) is 104 Å². The van der Waals surface area contributed by atoms with Crippen molar-refractivity contribution in [2.24, 2.45) is 0 Å². The summed E-state index contributed by atoms with van der Waals surface area (Å²) in [5.41, 5.74) is -0.366. The van der Waals surface area contributed by atoms with Gasteiger partial charge in [-0.3, -0.25) is 14.4 Å². The average Bonchev–Trinajstić information content (AvgIpc) is 3.02. The summed E-state index contributed by atoms with van der Waals surface area (Å²) in [6.45, 7) is 4.70. The number of hydrogen-bond acceptors (Lipinski definition) is 12. The first kappa shape index (κ1) is 31.5. The van der Waals surface area contributed by atoms with Crippen molar-refractivity contribution < 1.29 is 59.6 Å². The number of benzene rings is 4. The first-order valence-electron chi connectivity index (χ1n) is 15.1. The van der Waals surface area contributed by atoms with Crippen LogP contribution < -0.4 is 0 Å². The van der Waals surface area contributed by atoms with Gasteiger partial charge in [0.2, 0.25) is 11.6 Å². The van der Waals surface area contributed by atoms with Gasteiger partial charge in [0.25, 0.3) is 0 Å². The molecule has 4 aromatic rings. The maximum absolute atomic E-state index is 14.1. The highest BCUT2D eigenvalue weighted by Gasteiger charge is 2.46. The van der Waals surface area contributed by atoms with E-state index in [0.29, 0.717) is 5.56 Å². The van der Waals surface area contributed by atoms with Gasteiger partial charge in [-0.1, -0.05) is 30.3 Å². The Morgan fingerprint density at radius 2 is 1.31 bits per heavy atom. The molecule has 1 fully saturated rings. The lowest BCUT2D eigenvalue weighted by Gasteiger charge is -2.41. The Morgan fingerprint density at radius 3 is 2.04 bits per heavy atom. The van der Waals surface area contributed by atoms with Crippen LogP contribution in [0.3, 0.4) is 0 Å². The molecule has 7 rings (SSSR count). The summed E-state index contributed by atoms with van der Waals surface area (Å²) in [5.74, 6) is -4.28. The summed E-state index contributed by atoms with van der Waals surface area (Å²) in [6, 6.07) is 11.0. The number of aryl methyl sites for hydroxylation is 2. The Labute approximate surface area is 272 Å². The van der Waals surface area contributed by atoms with E-state index in [1.54, 1.807) is 19.9 Å². The molecule has 0 aromatic heterocycles. The Morgan fingerprint density at radius 1 is 0.625 bits per heavy atom. The molecule has 1 unspecified atom stereocenters. The number of hydrogen-bond donors (Lipinski definition) is 7. The van der Waals surface area contributed by atoms with Gasteiger partial charge in [0.15, 0.2) is 12.1 Å². The van der Waals surface area contributed by atoms with Crippen LogP contribution >= 0.6 is 0 Å². The number of aliphatic hydroxyl groups is 3. The molecule has 3 aliphatic rings. The molecule has 1 aliphatic heterocycles. The van der Waals surface area contributed by atoms with E-state index in [1.807, 2.05) is 0 Å². The number of fused-ring (bicyclic) bond motifs is 4. The number of ketones is 3. The van der Waals surface area contributed by atoms with Gasteiger partial charge >= 0.3 is 0 Å². The topological polar surface area (TPSA) is 211 Å². The van der Waals surface area contributed by atoms with Crippen LogP contribution in [0.25, 0.3) is 11.1 Å². The molecule has 2 aliphatic carbocycles. The van der Waals surface area contributed by atoms with Crippen molar-refractivity contribution in [2.45, 2.75) is 57.6 Å². The van der Waals surface area contributed by atoms with Crippen molar-refractivity contribution in [3.63, 3.8) is 0 Å². The van der Waals surface area contributed by atoms with E-state index in [0.717, 1.165) is 0 Å². The number of carbonyl (C=O) groups excluding carboxylic acids is 3. The number of phenols is 4. The fourth-order valence-electron chi connectivity index (χ4n) is 7.05. The summed E-state index contributed by atoms with van der Waals surface area (Å²) in [4.78, 5) is 41.6. The maximum atomic E-state index is 14.1. The SMILES string of the molecule is Cc1cc(O)c2c(c1)C(O[C@@H]1O[C@@H](C)[C@H](O)[C@@H](O)[C@H]1O)c1ccc(-c3c(C)cc(O)c4c3C(=O)c3cccc(O)c3C4=O)c(O)c1C2=O. The van der Waals surface area contributed by atoms with Crippen LogP contribution in [0.5, 0.6) is 23.0 Å². The van der Waals surface area contributed by atoms with Gasteiger partial charge in [-0.25, -0.2) is 0 Å². The fourth-order valence-corrected chi connectivity index (χ4v) is 7.05. The molecule has 7 N–H and O–H groups in total. The standard InChI is InChI=1S/C36H30O12/c1-12-9-18-24(20(38)10-12)31(43)25-17(35(18)48-36-34(46)33(45)28(40)14(3)47-36)8-7-16(29(25)41)22-13(2)11-21(39)26-27(22)30(42)15-5-4-6-19(37)23(15)32(26)44/h4-11,14,28,33-41,45-46H,1-3H3/t14-,28-,33+,34+,35?,36-/m0/s1. The zero-order valence-corrected chi connectivity index (χ0v) is 25.8. The lowest BCUT2D eigenvalue weighted by Crippen LogP contribution is -2.57. The molecule has 246 valence electrons. The third kappa shape index (κ3) is 4.38. The first-order valence-corrected chi connectivity index (χ1v) is 15.1. The molecule has 48 heavy (non-hydrogen) atoms. The van der Waals surface area contributed by atoms with Crippen LogP contribution in [0.2, 0.25) is 0 Å². The van der Waals surface area contributed by atoms with Crippen LogP contribution in [0.4, 0.5) is 0 Å². The van der Waals surface area contributed by atoms with Crippen LogP contribution in [0.1, 0.15) is 83.0 Å². The zero-order chi connectivity index (χ0) is 34.5. The molecule has 0 radical (unpaired) electrons. The molecule has 6 atom stereocenters. The van der Waals surface area contributed by atoms with Crippen molar-refractivity contribution in [1.29, 1.82) is 0 Å². The highest BCUT2D eigenvalue weighted by Crippen LogP contribution is 2.50. The van der Waals surface area contributed by atoms with Gasteiger partial charge < -0.3 is 45.2 Å². The average molecular weight is 655 g/mol. The smallest absolute Gasteiger partial charge is 0.201 e. The minimum absolute atomic E-state index is 0.0458. The molecule has 4 aromatic carbocycles. The third-order valence-corrected chi connectivity index (χ3v) is 9.34. The molecule has 0 spiro atoms. The number of aromatic hydroxyl groups is 4. The number of rotatable bonds is 3. The Balaban J connectivity index is 1.44. The lowest BCUT2D eigenvalue weighted by molar-refractivity contribution is -0.301. The van der Waals surface area contributed by atoms with E-state index in [1.165, 1.54) is 49.4 Å². The molecule has 1 heterocycles. The van der Waals surface area contributed by atoms with Crippen LogP contribution in [-0.4, -0.2) is 83.8 Å². The fraction of sp³-hybridized carbons (Fsp3) is 0.250. The van der Waals surface area contributed by atoms with Crippen molar-refractivity contribution in [2.75, 3.05) is 0 Å². The van der Waals surface area contributed by atoms with Crippen LogP contribution in [-0.2, 0) is 9.47 Å². The molecule has 0 saturated carbocycles. The predicted molar refractivity (Wildman–Crippen MR) is 166 cm³/mol. The maximum Gasteiger partial charge on any atom is 0.201 e. The summed E-state index contributed by atoms with van der Waals surface area (Å²) < 4.78 is 11.9. The minimum atomic E-state index is -1.70. The van der Waals surface area contributed by atoms with Gasteiger partial charge in [-0.05, 0) is 50.1 Å². The van der Waals surface area contributed by atoms with E-state index < -0.39 is 77.2 Å². The normalized spacial score (nSPS) is 24.5. The predicted octanol–water partition coefficient (Wildman–Crippen LogP) is 3.05. The largest absolute Gasteiger partial charge is 0.507 e. The highest BCUT2D eigenvalue weighted by atomic mass is 16.7. The second-order valence-electron chi connectivity index (χ2n) is 12.4. The van der Waals surface area contributed by atoms with Gasteiger partial charge in [-0.2, -0.15) is 0 Å². The molecule has 12 nitrogen and oxygen atoms in total. The van der Waals surface area contributed by atoms with Crippen molar-refractivity contribution in [3.8, 4) is 34.1 Å². The Bertz CT molecular complexity index is 2100. The number of carbonyl (C=O) groups is 3. The van der Waals surface area contributed by atoms with Crippen LogP contribution in [0, 0.1) is 13.8 Å².